The Labute approximate surface area is 230 Å². The van der Waals surface area contributed by atoms with Crippen LogP contribution in [0.25, 0.3) is 0 Å². The predicted molar refractivity (Wildman–Crippen MR) is 125 cm³/mol. The number of hydrogen-bond donors (Lipinski definition) is 0. The molecular weight excluding hydrogens is 397 g/mol. The summed E-state index contributed by atoms with van der Waals surface area (Å²) < 4.78 is 0. The quantitative estimate of drug-likeness (QED) is 0.146. The van der Waals surface area contributed by atoms with E-state index in [1.165, 1.54) is 51.4 Å². The van der Waals surface area contributed by atoms with E-state index in [-0.39, 0.29) is 57.9 Å². The number of nitrogens with zero attached hydrogens (tertiary/aromatic N) is 1. The van der Waals surface area contributed by atoms with Gasteiger partial charge in [0.1, 0.15) is 0 Å². The van der Waals surface area contributed by atoms with Gasteiger partial charge in [-0.15, -0.1) is 13.2 Å². The van der Waals surface area contributed by atoms with Crippen LogP contribution in [-0.4, -0.2) is 29.5 Å². The van der Waals surface area contributed by atoms with E-state index >= 15 is 0 Å². The largest absolute Gasteiger partial charge is 1.00 e. The first-order valence-corrected chi connectivity index (χ1v) is 12.3. The van der Waals surface area contributed by atoms with E-state index in [1.54, 1.807) is 0 Å². The zero-order valence-electron chi connectivity index (χ0n) is 20.5. The Morgan fingerprint density at radius 3 is 1.50 bits per heavy atom. The molecule has 0 saturated heterocycles. The first-order valence-electron chi connectivity index (χ1n) is 12.3. The molecule has 30 heavy (non-hydrogen) atoms. The van der Waals surface area contributed by atoms with Crippen LogP contribution in [0.15, 0.2) is 25.3 Å². The van der Waals surface area contributed by atoms with E-state index in [0.717, 1.165) is 51.4 Å². The van der Waals surface area contributed by atoms with E-state index < -0.39 is 5.97 Å². The van der Waals surface area contributed by atoms with Gasteiger partial charge in [-0.25, -0.2) is 0 Å². The van der Waals surface area contributed by atoms with Gasteiger partial charge in [0.05, 0.1) is 5.97 Å². The normalized spacial score (nSPS) is 12.9. The van der Waals surface area contributed by atoms with Crippen LogP contribution in [0.3, 0.4) is 0 Å². The molecule has 0 aliphatic rings. The van der Waals surface area contributed by atoms with Crippen LogP contribution in [0, 0.1) is 0 Å². The SMILES string of the molecule is C=CCCCCCCC(CCC)N(CC(=O)[O-])C(CCC)CCCCCCC=C.[K+]. The number of allylic oxidation sites excluding steroid dienone is 2. The molecule has 0 fully saturated rings. The summed E-state index contributed by atoms with van der Waals surface area (Å²) in [6.07, 6.45) is 22.5. The van der Waals surface area contributed by atoms with Gasteiger partial charge in [-0.1, -0.05) is 77.4 Å². The van der Waals surface area contributed by atoms with Crippen molar-refractivity contribution in [2.45, 2.75) is 129 Å². The molecule has 0 N–H and O–H groups in total. The zero-order chi connectivity index (χ0) is 21.7. The van der Waals surface area contributed by atoms with Crippen LogP contribution in [0.5, 0.6) is 0 Å². The minimum Gasteiger partial charge on any atom is -0.549 e. The van der Waals surface area contributed by atoms with E-state index in [0.29, 0.717) is 12.1 Å². The van der Waals surface area contributed by atoms with Crippen molar-refractivity contribution >= 4 is 5.97 Å². The Balaban J connectivity index is 0. The summed E-state index contributed by atoms with van der Waals surface area (Å²) >= 11 is 0. The fourth-order valence-electron chi connectivity index (χ4n) is 4.37. The third-order valence-electron chi connectivity index (χ3n) is 5.88. The van der Waals surface area contributed by atoms with Crippen molar-refractivity contribution in [3.63, 3.8) is 0 Å². The van der Waals surface area contributed by atoms with Crippen LogP contribution in [0.4, 0.5) is 0 Å². The van der Waals surface area contributed by atoms with Gasteiger partial charge in [0, 0.05) is 18.6 Å². The van der Waals surface area contributed by atoms with Crippen molar-refractivity contribution in [1.82, 2.24) is 4.90 Å². The summed E-state index contributed by atoms with van der Waals surface area (Å²) in [7, 11) is 0. The zero-order valence-corrected chi connectivity index (χ0v) is 23.6. The Morgan fingerprint density at radius 2 is 1.17 bits per heavy atom. The second-order valence-electron chi connectivity index (χ2n) is 8.49. The Morgan fingerprint density at radius 1 is 0.767 bits per heavy atom. The van der Waals surface area contributed by atoms with Gasteiger partial charge in [0.25, 0.3) is 0 Å². The fourth-order valence-corrected chi connectivity index (χ4v) is 4.37. The third-order valence-corrected chi connectivity index (χ3v) is 5.88. The molecule has 0 aromatic heterocycles. The van der Waals surface area contributed by atoms with Crippen LogP contribution in [0.2, 0.25) is 0 Å². The van der Waals surface area contributed by atoms with Gasteiger partial charge in [-0.05, 0) is 51.4 Å². The molecule has 0 aliphatic carbocycles. The molecule has 0 saturated carbocycles. The Hall–Kier alpha value is 0.546. The van der Waals surface area contributed by atoms with E-state index in [9.17, 15) is 9.90 Å². The smallest absolute Gasteiger partial charge is 0.549 e. The van der Waals surface area contributed by atoms with Gasteiger partial charge in [0.15, 0.2) is 0 Å². The van der Waals surface area contributed by atoms with E-state index in [2.05, 4.69) is 31.9 Å². The minimum absolute atomic E-state index is 0. The van der Waals surface area contributed by atoms with Gasteiger partial charge in [0.2, 0.25) is 0 Å². The fraction of sp³-hybridized carbons (Fsp3) is 0.808. The number of unbranched alkanes of at least 4 members (excludes halogenated alkanes) is 8. The molecule has 3 nitrogen and oxygen atoms in total. The number of carboxylic acids is 1. The molecule has 0 rings (SSSR count). The van der Waals surface area contributed by atoms with Gasteiger partial charge < -0.3 is 9.90 Å². The van der Waals surface area contributed by atoms with Crippen molar-refractivity contribution in [2.75, 3.05) is 6.54 Å². The summed E-state index contributed by atoms with van der Waals surface area (Å²) in [5, 5.41) is 11.6. The first kappa shape index (κ1) is 32.7. The standard InChI is InChI=1S/C26H49NO2.K/c1-5-9-11-13-15-17-21-24(19-7-3)27(23-26(28)29)25(20-8-4)22-18-16-14-12-10-6-2;/h5-6,24-25H,1-2,7-23H2,3-4H3,(H,28,29);/q;+1/p-1. The molecule has 0 aliphatic heterocycles. The molecule has 0 spiro atoms. The number of carbonyl (C=O) groups is 1. The summed E-state index contributed by atoms with van der Waals surface area (Å²) in [4.78, 5) is 13.9. The maximum atomic E-state index is 11.6. The second-order valence-corrected chi connectivity index (χ2v) is 8.49. The van der Waals surface area contributed by atoms with Gasteiger partial charge >= 0.3 is 51.4 Å². The molecule has 0 radical (unpaired) electrons. The summed E-state index contributed by atoms with van der Waals surface area (Å²) in [5.41, 5.74) is 0. The molecule has 0 heterocycles. The second kappa shape index (κ2) is 24.2. The summed E-state index contributed by atoms with van der Waals surface area (Å²) in [5.74, 6) is -0.927. The molecule has 0 aromatic carbocycles. The summed E-state index contributed by atoms with van der Waals surface area (Å²) in [6.45, 7) is 12.1. The number of carbonyl (C=O) groups excluding carboxylic acids is 1. The predicted octanol–water partition coefficient (Wildman–Crippen LogP) is 3.43. The molecule has 2 atom stereocenters. The number of hydrogen-bond acceptors (Lipinski definition) is 3. The van der Waals surface area contributed by atoms with Crippen molar-refractivity contribution < 1.29 is 61.3 Å². The molecule has 0 bridgehead atoms. The van der Waals surface area contributed by atoms with Gasteiger partial charge in [-0.2, -0.15) is 0 Å². The monoisotopic (exact) mass is 445 g/mol. The Bertz CT molecular complexity index is 384. The van der Waals surface area contributed by atoms with Crippen molar-refractivity contribution in [2.24, 2.45) is 0 Å². The average molecular weight is 446 g/mol. The van der Waals surface area contributed by atoms with Crippen LogP contribution >= 0.6 is 0 Å². The maximum absolute atomic E-state index is 11.6. The molecule has 0 aromatic rings. The van der Waals surface area contributed by atoms with Crippen molar-refractivity contribution in [3.05, 3.63) is 25.3 Å². The van der Waals surface area contributed by atoms with Crippen LogP contribution in [0.1, 0.15) is 117 Å². The number of aliphatic carboxylic acids is 1. The van der Waals surface area contributed by atoms with Crippen molar-refractivity contribution in [1.29, 1.82) is 0 Å². The number of carboxylic acid groups (broad SMARTS) is 1. The maximum Gasteiger partial charge on any atom is 1.00 e. The molecule has 0 amide bonds. The van der Waals surface area contributed by atoms with Crippen LogP contribution < -0.4 is 56.5 Å². The number of rotatable bonds is 22. The van der Waals surface area contributed by atoms with E-state index in [1.807, 2.05) is 12.2 Å². The third kappa shape index (κ3) is 18.1. The first-order chi connectivity index (χ1) is 14.1. The van der Waals surface area contributed by atoms with E-state index in [4.69, 9.17) is 0 Å². The Kier molecular flexibility index (Phi) is 26.4. The topological polar surface area (TPSA) is 43.4 Å². The van der Waals surface area contributed by atoms with Gasteiger partial charge in [-0.3, -0.25) is 4.90 Å². The van der Waals surface area contributed by atoms with Crippen LogP contribution in [-0.2, 0) is 4.79 Å². The molecule has 4 heteroatoms. The average Bonchev–Trinajstić information content (AvgIpc) is 2.69. The molecule has 170 valence electrons. The molecular formula is C26H48KNO2. The summed E-state index contributed by atoms with van der Waals surface area (Å²) in [6, 6.07) is 0.740. The molecule has 2 unspecified atom stereocenters. The van der Waals surface area contributed by atoms with Crippen molar-refractivity contribution in [3.8, 4) is 0 Å². The minimum atomic E-state index is -0.927.